The van der Waals surface area contributed by atoms with Crippen molar-refractivity contribution in [3.8, 4) is 0 Å². The Kier molecular flexibility index (Phi) is 3.20. The van der Waals surface area contributed by atoms with Gasteiger partial charge >= 0.3 is 0 Å². The molecule has 3 rings (SSSR count). The Morgan fingerprint density at radius 3 is 2.76 bits per heavy atom. The molecule has 1 aromatic rings. The van der Waals surface area contributed by atoms with Gasteiger partial charge in [-0.1, -0.05) is 0 Å². The Bertz CT molecular complexity index is 596. The summed E-state index contributed by atoms with van der Waals surface area (Å²) >= 11 is 0. The minimum Gasteiger partial charge on any atom is -0.459 e. The van der Waals surface area contributed by atoms with E-state index in [4.69, 9.17) is 20.9 Å². The summed E-state index contributed by atoms with van der Waals surface area (Å²) in [6, 6.07) is 3.11. The Morgan fingerprint density at radius 1 is 1.29 bits per heavy atom. The van der Waals surface area contributed by atoms with Crippen molar-refractivity contribution in [3.05, 3.63) is 29.6 Å². The fraction of sp³-hybridized carbons (Fsp3) is 0.462. The number of nitrogens with zero attached hydrogens (tertiary/aromatic N) is 1. The summed E-state index contributed by atoms with van der Waals surface area (Å²) in [4.78, 5) is 3.77. The maximum Gasteiger partial charge on any atom is 0.283 e. The third kappa shape index (κ3) is 2.01. The minimum absolute atomic E-state index is 0.0139. The van der Waals surface area contributed by atoms with Crippen LogP contribution < -0.4 is 11.5 Å². The first-order valence-electron chi connectivity index (χ1n) is 6.38. The molecule has 0 bridgehead atoms. The average molecular weight is 301 g/mol. The highest BCUT2D eigenvalue weighted by Gasteiger charge is 2.58. The van der Waals surface area contributed by atoms with Crippen molar-refractivity contribution in [2.75, 3.05) is 18.9 Å². The van der Waals surface area contributed by atoms with Crippen LogP contribution in [-0.4, -0.2) is 31.8 Å². The molecule has 21 heavy (non-hydrogen) atoms. The number of nitrogens with two attached hydrogens (primary N) is 2. The standard InChI is InChI=1S/C13H14F3N3O2/c14-9-2-1-6(17)3-7(9)13(11(15)16)8-4-20-5-10(8)21-12(18)19-13/h1-3,8,10-11H,4-5,17H2,(H2,18,19)/t8-,10+,13+/m0/s1. The lowest BCUT2D eigenvalue weighted by Crippen LogP contribution is -2.52. The third-order valence-corrected chi connectivity index (χ3v) is 3.92. The SMILES string of the molecule is NC1=N[C@@](c2cc(N)ccc2F)(C(F)F)[C@H]2COC[C@H]2O1. The fourth-order valence-electron chi connectivity index (χ4n) is 2.95. The molecule has 2 heterocycles. The second-order valence-electron chi connectivity index (χ2n) is 5.12. The largest absolute Gasteiger partial charge is 0.459 e. The molecule has 1 aromatic carbocycles. The predicted octanol–water partition coefficient (Wildman–Crippen LogP) is 1.23. The second kappa shape index (κ2) is 4.80. The third-order valence-electron chi connectivity index (χ3n) is 3.92. The van der Waals surface area contributed by atoms with Gasteiger partial charge in [0.1, 0.15) is 11.9 Å². The quantitative estimate of drug-likeness (QED) is 0.805. The molecule has 0 amide bonds. The molecule has 114 valence electrons. The summed E-state index contributed by atoms with van der Waals surface area (Å²) in [5.41, 5.74) is 8.86. The van der Waals surface area contributed by atoms with Crippen LogP contribution >= 0.6 is 0 Å². The lowest BCUT2D eigenvalue weighted by Gasteiger charge is -2.40. The van der Waals surface area contributed by atoms with Crippen molar-refractivity contribution in [2.45, 2.75) is 18.1 Å². The van der Waals surface area contributed by atoms with Gasteiger partial charge in [-0.3, -0.25) is 0 Å². The molecule has 0 radical (unpaired) electrons. The highest BCUT2D eigenvalue weighted by atomic mass is 19.3. The molecule has 5 nitrogen and oxygen atoms in total. The highest BCUT2D eigenvalue weighted by Crippen LogP contribution is 2.47. The maximum absolute atomic E-state index is 14.2. The summed E-state index contributed by atoms with van der Waals surface area (Å²) < 4.78 is 52.4. The molecule has 3 atom stereocenters. The normalized spacial score (nSPS) is 31.7. The van der Waals surface area contributed by atoms with Gasteiger partial charge in [-0.15, -0.1) is 0 Å². The molecule has 8 heteroatoms. The molecule has 2 aliphatic heterocycles. The first kappa shape index (κ1) is 14.0. The number of anilines is 1. The van der Waals surface area contributed by atoms with E-state index < -0.39 is 35.8 Å². The van der Waals surface area contributed by atoms with E-state index in [1.54, 1.807) is 0 Å². The van der Waals surface area contributed by atoms with Gasteiger partial charge in [0.05, 0.1) is 19.1 Å². The zero-order chi connectivity index (χ0) is 15.2. The number of nitrogen functional groups attached to an aromatic ring is 1. The van der Waals surface area contributed by atoms with Crippen LogP contribution in [0.2, 0.25) is 0 Å². The number of rotatable bonds is 2. The van der Waals surface area contributed by atoms with E-state index >= 15 is 0 Å². The molecule has 0 spiro atoms. The number of aliphatic imine (C=N–C) groups is 1. The zero-order valence-corrected chi connectivity index (χ0v) is 10.9. The molecule has 0 aromatic heterocycles. The zero-order valence-electron chi connectivity index (χ0n) is 10.9. The Morgan fingerprint density at radius 2 is 2.05 bits per heavy atom. The van der Waals surface area contributed by atoms with E-state index in [0.29, 0.717) is 0 Å². The van der Waals surface area contributed by atoms with Crippen molar-refractivity contribution in [1.82, 2.24) is 0 Å². The van der Waals surface area contributed by atoms with Crippen molar-refractivity contribution in [3.63, 3.8) is 0 Å². The van der Waals surface area contributed by atoms with Gasteiger partial charge in [0.25, 0.3) is 12.4 Å². The van der Waals surface area contributed by atoms with Crippen LogP contribution in [0.3, 0.4) is 0 Å². The molecule has 1 fully saturated rings. The number of benzene rings is 1. The van der Waals surface area contributed by atoms with Gasteiger partial charge in [0, 0.05) is 11.3 Å². The van der Waals surface area contributed by atoms with E-state index in [-0.39, 0.29) is 24.5 Å². The van der Waals surface area contributed by atoms with Crippen molar-refractivity contribution in [2.24, 2.45) is 16.6 Å². The molecule has 0 unspecified atom stereocenters. The Balaban J connectivity index is 2.23. The van der Waals surface area contributed by atoms with Gasteiger partial charge in [0.15, 0.2) is 5.54 Å². The number of ether oxygens (including phenoxy) is 2. The van der Waals surface area contributed by atoms with Crippen molar-refractivity contribution >= 4 is 11.7 Å². The topological polar surface area (TPSA) is 82.9 Å². The van der Waals surface area contributed by atoms with E-state index in [9.17, 15) is 13.2 Å². The first-order chi connectivity index (χ1) is 9.95. The minimum atomic E-state index is -2.98. The van der Waals surface area contributed by atoms with Gasteiger partial charge in [-0.2, -0.15) is 0 Å². The van der Waals surface area contributed by atoms with Crippen molar-refractivity contribution < 1.29 is 22.6 Å². The highest BCUT2D eigenvalue weighted by molar-refractivity contribution is 5.73. The average Bonchev–Trinajstić information content (AvgIpc) is 2.88. The van der Waals surface area contributed by atoms with E-state index in [1.165, 1.54) is 12.1 Å². The number of hydrogen-bond donors (Lipinski definition) is 2. The van der Waals surface area contributed by atoms with Gasteiger partial charge in [0.2, 0.25) is 0 Å². The fourth-order valence-corrected chi connectivity index (χ4v) is 2.95. The molecule has 4 N–H and O–H groups in total. The van der Waals surface area contributed by atoms with Crippen LogP contribution in [0.5, 0.6) is 0 Å². The van der Waals surface area contributed by atoms with Crippen LogP contribution in [0.4, 0.5) is 18.9 Å². The smallest absolute Gasteiger partial charge is 0.283 e. The summed E-state index contributed by atoms with van der Waals surface area (Å²) in [6.07, 6.45) is -3.66. The van der Waals surface area contributed by atoms with E-state index in [0.717, 1.165) is 6.07 Å². The summed E-state index contributed by atoms with van der Waals surface area (Å²) in [7, 11) is 0. The van der Waals surface area contributed by atoms with Crippen molar-refractivity contribution in [1.29, 1.82) is 0 Å². The predicted molar refractivity (Wildman–Crippen MR) is 69.3 cm³/mol. The van der Waals surface area contributed by atoms with E-state index in [1.807, 2.05) is 0 Å². The van der Waals surface area contributed by atoms with Crippen LogP contribution in [0, 0.1) is 11.7 Å². The van der Waals surface area contributed by atoms with Gasteiger partial charge in [-0.05, 0) is 18.2 Å². The number of alkyl halides is 2. The van der Waals surface area contributed by atoms with Gasteiger partial charge < -0.3 is 20.9 Å². The van der Waals surface area contributed by atoms with E-state index in [2.05, 4.69) is 4.99 Å². The number of hydrogen-bond acceptors (Lipinski definition) is 5. The second-order valence-corrected chi connectivity index (χ2v) is 5.12. The van der Waals surface area contributed by atoms with Crippen LogP contribution in [0.1, 0.15) is 5.56 Å². The Labute approximate surface area is 118 Å². The summed E-state index contributed by atoms with van der Waals surface area (Å²) in [5.74, 6) is -1.64. The molecule has 0 saturated carbocycles. The molecular formula is C13H14F3N3O2. The molecule has 1 saturated heterocycles. The van der Waals surface area contributed by atoms with Gasteiger partial charge in [-0.25, -0.2) is 18.2 Å². The molecule has 2 aliphatic rings. The maximum atomic E-state index is 14.2. The molecular weight excluding hydrogens is 287 g/mol. The van der Waals surface area contributed by atoms with Crippen LogP contribution in [0.25, 0.3) is 0 Å². The summed E-state index contributed by atoms with van der Waals surface area (Å²) in [5, 5.41) is 0. The summed E-state index contributed by atoms with van der Waals surface area (Å²) in [6.45, 7) is 0.0965. The number of fused-ring (bicyclic) bond motifs is 1. The number of amidine groups is 1. The number of halogens is 3. The first-order valence-corrected chi connectivity index (χ1v) is 6.38. The monoisotopic (exact) mass is 301 g/mol. The molecule has 0 aliphatic carbocycles. The lowest BCUT2D eigenvalue weighted by atomic mass is 9.76. The Hall–Kier alpha value is -1.96. The lowest BCUT2D eigenvalue weighted by molar-refractivity contribution is -0.0305. The van der Waals surface area contributed by atoms with Crippen LogP contribution in [0.15, 0.2) is 23.2 Å². The van der Waals surface area contributed by atoms with Crippen LogP contribution in [-0.2, 0) is 15.0 Å².